The van der Waals surface area contributed by atoms with Gasteiger partial charge in [-0.1, -0.05) is 25.4 Å². The summed E-state index contributed by atoms with van der Waals surface area (Å²) in [6, 6.07) is 0. The highest BCUT2D eigenvalue weighted by Crippen LogP contribution is 2.29. The van der Waals surface area contributed by atoms with E-state index < -0.39 is 12.3 Å². The van der Waals surface area contributed by atoms with Crippen LogP contribution in [-0.4, -0.2) is 37.4 Å². The number of esters is 1. The van der Waals surface area contributed by atoms with Crippen LogP contribution >= 0.6 is 11.6 Å². The van der Waals surface area contributed by atoms with Crippen LogP contribution in [-0.2, 0) is 14.3 Å². The Hall–Kier alpha value is -0.740. The molecule has 0 fully saturated rings. The van der Waals surface area contributed by atoms with E-state index in [4.69, 9.17) is 21.1 Å². The molecular formula is C11H18ClNO3. The molecule has 0 amide bonds. The maximum atomic E-state index is 11.3. The van der Waals surface area contributed by atoms with Gasteiger partial charge in [0, 0.05) is 20.2 Å². The van der Waals surface area contributed by atoms with Crippen molar-refractivity contribution in [2.45, 2.75) is 33.0 Å². The zero-order valence-electron chi connectivity index (χ0n) is 9.96. The molecule has 0 aromatic heterocycles. The summed E-state index contributed by atoms with van der Waals surface area (Å²) < 4.78 is 10.1. The van der Waals surface area contributed by atoms with Gasteiger partial charge < -0.3 is 14.4 Å². The topological polar surface area (TPSA) is 38.8 Å². The Morgan fingerprint density at radius 3 is 2.38 bits per heavy atom. The lowest BCUT2D eigenvalue weighted by molar-refractivity contribution is -0.157. The third-order valence-electron chi connectivity index (χ3n) is 2.38. The number of hydrogen-bond donors (Lipinski definition) is 0. The lowest BCUT2D eigenvalue weighted by Gasteiger charge is -2.27. The monoisotopic (exact) mass is 247 g/mol. The minimum absolute atomic E-state index is 0.147. The average molecular weight is 248 g/mol. The van der Waals surface area contributed by atoms with Crippen LogP contribution < -0.4 is 0 Å². The molecule has 1 aliphatic rings. The van der Waals surface area contributed by atoms with E-state index in [1.165, 1.54) is 7.11 Å². The second-order valence-corrected chi connectivity index (χ2v) is 4.04. The van der Waals surface area contributed by atoms with Crippen LogP contribution in [0.5, 0.6) is 0 Å². The molecule has 0 saturated heterocycles. The summed E-state index contributed by atoms with van der Waals surface area (Å²) in [5, 5.41) is 0.147. The van der Waals surface area contributed by atoms with Gasteiger partial charge in [-0.05, 0) is 12.8 Å². The van der Waals surface area contributed by atoms with E-state index in [0.29, 0.717) is 5.70 Å². The Bertz CT molecular complexity index is 285. The number of hydrogen-bond acceptors (Lipinski definition) is 4. The molecule has 0 aromatic carbocycles. The van der Waals surface area contributed by atoms with E-state index >= 15 is 0 Å². The Balaban J connectivity index is 2.90. The predicted octanol–water partition coefficient (Wildman–Crippen LogP) is 2.09. The summed E-state index contributed by atoms with van der Waals surface area (Å²) in [6.07, 6.45) is 1.31. The highest BCUT2D eigenvalue weighted by molar-refractivity contribution is 6.42. The SMILES string of the molecule is CCCN(CCC)C1=C(Cl)C(=O)OC1OC. The fourth-order valence-corrected chi connectivity index (χ4v) is 2.01. The van der Waals surface area contributed by atoms with Crippen molar-refractivity contribution < 1.29 is 14.3 Å². The molecule has 0 aliphatic carbocycles. The normalized spacial score (nSPS) is 20.2. The van der Waals surface area contributed by atoms with Gasteiger partial charge in [-0.3, -0.25) is 0 Å². The van der Waals surface area contributed by atoms with Crippen molar-refractivity contribution in [1.29, 1.82) is 0 Å². The number of nitrogens with zero attached hydrogens (tertiary/aromatic N) is 1. The highest BCUT2D eigenvalue weighted by atomic mass is 35.5. The van der Waals surface area contributed by atoms with Crippen molar-refractivity contribution in [2.75, 3.05) is 20.2 Å². The zero-order chi connectivity index (χ0) is 12.1. The molecule has 0 bridgehead atoms. The summed E-state index contributed by atoms with van der Waals surface area (Å²) in [6.45, 7) is 5.85. The van der Waals surface area contributed by atoms with Gasteiger partial charge in [0.1, 0.15) is 5.70 Å². The Morgan fingerprint density at radius 2 is 1.94 bits per heavy atom. The van der Waals surface area contributed by atoms with E-state index in [9.17, 15) is 4.79 Å². The molecular weight excluding hydrogens is 230 g/mol. The minimum atomic E-state index is -0.655. The van der Waals surface area contributed by atoms with Crippen LogP contribution in [0.2, 0.25) is 0 Å². The molecule has 1 atom stereocenters. The minimum Gasteiger partial charge on any atom is -0.425 e. The first-order valence-electron chi connectivity index (χ1n) is 5.54. The Morgan fingerprint density at radius 1 is 1.38 bits per heavy atom. The number of rotatable bonds is 6. The van der Waals surface area contributed by atoms with Crippen molar-refractivity contribution in [3.8, 4) is 0 Å². The molecule has 16 heavy (non-hydrogen) atoms. The second kappa shape index (κ2) is 6.11. The molecule has 0 aromatic rings. The third-order valence-corrected chi connectivity index (χ3v) is 2.73. The summed E-state index contributed by atoms with van der Waals surface area (Å²) in [5.41, 5.74) is 0.665. The smallest absolute Gasteiger partial charge is 0.354 e. The molecule has 0 N–H and O–H groups in total. The molecule has 1 aliphatic heterocycles. The van der Waals surface area contributed by atoms with Crippen molar-refractivity contribution in [1.82, 2.24) is 4.90 Å². The number of carbonyl (C=O) groups excluding carboxylic acids is 1. The molecule has 0 saturated carbocycles. The largest absolute Gasteiger partial charge is 0.425 e. The fourth-order valence-electron chi connectivity index (χ4n) is 1.75. The van der Waals surface area contributed by atoms with Gasteiger partial charge in [0.05, 0.1) is 0 Å². The lowest BCUT2D eigenvalue weighted by Crippen LogP contribution is -2.31. The molecule has 92 valence electrons. The fraction of sp³-hybridized carbons (Fsp3) is 0.727. The molecule has 1 rings (SSSR count). The van der Waals surface area contributed by atoms with Gasteiger partial charge in [-0.15, -0.1) is 0 Å². The van der Waals surface area contributed by atoms with Gasteiger partial charge in [0.15, 0.2) is 5.03 Å². The van der Waals surface area contributed by atoms with Crippen molar-refractivity contribution in [2.24, 2.45) is 0 Å². The molecule has 1 unspecified atom stereocenters. The average Bonchev–Trinajstić information content (AvgIpc) is 2.55. The van der Waals surface area contributed by atoms with Crippen LogP contribution in [0.1, 0.15) is 26.7 Å². The lowest BCUT2D eigenvalue weighted by atomic mass is 10.3. The molecule has 0 spiro atoms. The maximum Gasteiger partial charge on any atom is 0.354 e. The standard InChI is InChI=1S/C11H18ClNO3/c1-4-6-13(7-5-2)9-8(12)10(14)16-11(9)15-3/h11H,4-7H2,1-3H3. The first kappa shape index (κ1) is 13.3. The van der Waals surface area contributed by atoms with Crippen LogP contribution in [0.15, 0.2) is 10.7 Å². The highest BCUT2D eigenvalue weighted by Gasteiger charge is 2.36. The summed E-state index contributed by atoms with van der Waals surface area (Å²) in [4.78, 5) is 13.4. The number of methoxy groups -OCH3 is 1. The number of halogens is 1. The first-order chi connectivity index (χ1) is 7.65. The number of cyclic esters (lactones) is 1. The van der Waals surface area contributed by atoms with Gasteiger partial charge >= 0.3 is 5.97 Å². The van der Waals surface area contributed by atoms with Crippen molar-refractivity contribution in [3.63, 3.8) is 0 Å². The van der Waals surface area contributed by atoms with Gasteiger partial charge in [-0.2, -0.15) is 0 Å². The summed E-state index contributed by atoms with van der Waals surface area (Å²) in [7, 11) is 1.50. The van der Waals surface area contributed by atoms with E-state index in [-0.39, 0.29) is 5.03 Å². The van der Waals surface area contributed by atoms with Gasteiger partial charge in [0.2, 0.25) is 6.29 Å². The van der Waals surface area contributed by atoms with Gasteiger partial charge in [0.25, 0.3) is 0 Å². The molecule has 0 radical (unpaired) electrons. The zero-order valence-corrected chi connectivity index (χ0v) is 10.7. The maximum absolute atomic E-state index is 11.3. The molecule has 5 heteroatoms. The predicted molar refractivity (Wildman–Crippen MR) is 61.9 cm³/mol. The van der Waals surface area contributed by atoms with E-state index in [1.54, 1.807) is 0 Å². The van der Waals surface area contributed by atoms with Crippen LogP contribution in [0.4, 0.5) is 0 Å². The number of ether oxygens (including phenoxy) is 2. The Kier molecular flexibility index (Phi) is 5.09. The van der Waals surface area contributed by atoms with Crippen molar-refractivity contribution in [3.05, 3.63) is 10.7 Å². The Labute approximate surface area is 101 Å². The summed E-state index contributed by atoms with van der Waals surface area (Å²) in [5.74, 6) is -0.499. The van der Waals surface area contributed by atoms with E-state index in [1.807, 2.05) is 0 Å². The third kappa shape index (κ3) is 2.68. The molecule has 4 nitrogen and oxygen atoms in total. The van der Waals surface area contributed by atoms with E-state index in [0.717, 1.165) is 25.9 Å². The second-order valence-electron chi connectivity index (χ2n) is 3.66. The number of carbonyl (C=O) groups is 1. The van der Waals surface area contributed by atoms with Crippen LogP contribution in [0.25, 0.3) is 0 Å². The first-order valence-corrected chi connectivity index (χ1v) is 5.91. The molecule has 1 heterocycles. The van der Waals surface area contributed by atoms with Crippen LogP contribution in [0.3, 0.4) is 0 Å². The van der Waals surface area contributed by atoms with Crippen molar-refractivity contribution >= 4 is 17.6 Å². The van der Waals surface area contributed by atoms with Crippen LogP contribution in [0, 0.1) is 0 Å². The quantitative estimate of drug-likeness (QED) is 0.674. The summed E-state index contributed by atoms with van der Waals surface area (Å²) >= 11 is 5.95. The van der Waals surface area contributed by atoms with E-state index in [2.05, 4.69) is 18.7 Å². The van der Waals surface area contributed by atoms with Gasteiger partial charge in [-0.25, -0.2) is 4.79 Å².